The van der Waals surface area contributed by atoms with E-state index in [9.17, 15) is 4.79 Å². The van der Waals surface area contributed by atoms with Gasteiger partial charge in [-0.05, 0) is 36.6 Å². The number of fused-ring (bicyclic) bond motifs is 1. The van der Waals surface area contributed by atoms with E-state index < -0.39 is 5.91 Å². The van der Waals surface area contributed by atoms with Gasteiger partial charge in [-0.1, -0.05) is 59.8 Å². The molecule has 0 aliphatic rings. The summed E-state index contributed by atoms with van der Waals surface area (Å²) in [4.78, 5) is 12.1. The largest absolute Gasteiger partial charge is 0.472 e. The van der Waals surface area contributed by atoms with Crippen molar-refractivity contribution in [2.24, 2.45) is 5.73 Å². The average Bonchev–Trinajstić information content (AvgIpc) is 3.51. The van der Waals surface area contributed by atoms with E-state index in [4.69, 9.17) is 15.0 Å². The topological polar surface area (TPSA) is 133 Å². The van der Waals surface area contributed by atoms with Gasteiger partial charge in [-0.15, -0.1) is 15.3 Å². The number of amides is 1. The minimum absolute atomic E-state index is 0.148. The summed E-state index contributed by atoms with van der Waals surface area (Å²) >= 11 is 0. The molecule has 10 heteroatoms. The molecule has 0 aliphatic carbocycles. The summed E-state index contributed by atoms with van der Waals surface area (Å²) in [6.07, 6.45) is 0.971. The maximum absolute atomic E-state index is 12.1. The van der Waals surface area contributed by atoms with Gasteiger partial charge in [0.2, 0.25) is 11.7 Å². The number of nitrogens with one attached hydrogen (secondary N) is 1. The van der Waals surface area contributed by atoms with Crippen LogP contribution in [0, 0.1) is 6.92 Å². The Morgan fingerprint density at radius 3 is 2.61 bits per heavy atom. The van der Waals surface area contributed by atoms with Crippen LogP contribution in [-0.2, 0) is 19.6 Å². The Bertz CT molecular complexity index is 1490. The molecular formula is C26H25N7O3. The molecule has 0 saturated heterocycles. The van der Waals surface area contributed by atoms with E-state index in [-0.39, 0.29) is 23.7 Å². The Balaban J connectivity index is 1.28. The minimum Gasteiger partial charge on any atom is -0.472 e. The zero-order chi connectivity index (χ0) is 24.9. The Labute approximate surface area is 207 Å². The van der Waals surface area contributed by atoms with Crippen molar-refractivity contribution >= 4 is 11.6 Å². The molecule has 10 nitrogen and oxygen atoms in total. The van der Waals surface area contributed by atoms with E-state index in [2.05, 4.69) is 62.2 Å². The second-order valence-electron chi connectivity index (χ2n) is 8.36. The first kappa shape index (κ1) is 23.2. The highest BCUT2D eigenvalue weighted by atomic mass is 16.5. The van der Waals surface area contributed by atoms with Crippen LogP contribution < -0.4 is 15.8 Å². The van der Waals surface area contributed by atoms with Gasteiger partial charge in [-0.3, -0.25) is 4.79 Å². The van der Waals surface area contributed by atoms with Gasteiger partial charge in [-0.2, -0.15) is 4.52 Å². The van der Waals surface area contributed by atoms with Gasteiger partial charge in [0.05, 0.1) is 5.56 Å². The van der Waals surface area contributed by atoms with Crippen LogP contribution >= 0.6 is 0 Å². The van der Waals surface area contributed by atoms with Crippen LogP contribution in [0.2, 0.25) is 0 Å². The van der Waals surface area contributed by atoms with E-state index in [1.807, 2.05) is 18.2 Å². The summed E-state index contributed by atoms with van der Waals surface area (Å²) in [6.45, 7) is 3.66. The number of primary amides is 1. The predicted molar refractivity (Wildman–Crippen MR) is 132 cm³/mol. The lowest BCUT2D eigenvalue weighted by molar-refractivity contribution is 0.100. The number of hydrogen-bond acceptors (Lipinski definition) is 8. The second kappa shape index (κ2) is 10.4. The zero-order valence-electron chi connectivity index (χ0n) is 19.7. The standard InChI is InChI=1S/C26H25N7O3/c1-17-12-22(32-36-17)26-30-29-25-21(24(27)34)14-23(31-33(25)26)35-16-20-9-5-8-19(13-20)15-28-11-10-18-6-3-2-4-7-18/h2-9,12-14,28H,10-11,15-16H2,1H3,(H2,27,34). The van der Waals surface area contributed by atoms with Crippen LogP contribution in [0.1, 0.15) is 32.8 Å². The van der Waals surface area contributed by atoms with Crippen LogP contribution in [0.15, 0.2) is 71.3 Å². The Kier molecular flexibility index (Phi) is 6.67. The maximum atomic E-state index is 12.1. The number of nitrogens with zero attached hydrogens (tertiary/aromatic N) is 5. The number of benzene rings is 2. The summed E-state index contributed by atoms with van der Waals surface area (Å²) in [5.74, 6) is 0.479. The predicted octanol–water partition coefficient (Wildman–Crippen LogP) is 3.10. The number of carbonyl (C=O) groups excluding carboxylic acids is 1. The van der Waals surface area contributed by atoms with Crippen LogP contribution in [0.3, 0.4) is 0 Å². The van der Waals surface area contributed by atoms with Crippen LogP contribution in [0.4, 0.5) is 0 Å². The second-order valence-corrected chi connectivity index (χ2v) is 8.36. The first-order valence-electron chi connectivity index (χ1n) is 11.5. The lowest BCUT2D eigenvalue weighted by Gasteiger charge is -2.10. The van der Waals surface area contributed by atoms with Crippen molar-refractivity contribution in [3.05, 3.63) is 94.7 Å². The molecule has 0 fully saturated rings. The molecule has 0 radical (unpaired) electrons. The number of aryl methyl sites for hydroxylation is 1. The maximum Gasteiger partial charge on any atom is 0.252 e. The van der Waals surface area contributed by atoms with Gasteiger partial charge in [0.15, 0.2) is 11.3 Å². The number of nitrogens with two attached hydrogens (primary N) is 1. The Morgan fingerprint density at radius 2 is 1.83 bits per heavy atom. The monoisotopic (exact) mass is 483 g/mol. The Hall–Kier alpha value is -4.57. The van der Waals surface area contributed by atoms with Crippen molar-refractivity contribution in [1.29, 1.82) is 0 Å². The van der Waals surface area contributed by atoms with Crippen molar-refractivity contribution in [3.63, 3.8) is 0 Å². The normalized spacial score (nSPS) is 11.1. The molecule has 0 atom stereocenters. The lowest BCUT2D eigenvalue weighted by atomic mass is 10.1. The molecule has 0 unspecified atom stereocenters. The third-order valence-corrected chi connectivity index (χ3v) is 5.61. The molecule has 0 spiro atoms. The quantitative estimate of drug-likeness (QED) is 0.290. The molecule has 3 heterocycles. The van der Waals surface area contributed by atoms with E-state index >= 15 is 0 Å². The fraction of sp³-hybridized carbons (Fsp3) is 0.192. The molecular weight excluding hydrogens is 458 g/mol. The number of rotatable bonds is 10. The van der Waals surface area contributed by atoms with Crippen molar-refractivity contribution in [2.75, 3.05) is 6.54 Å². The third-order valence-electron chi connectivity index (χ3n) is 5.61. The van der Waals surface area contributed by atoms with Crippen molar-refractivity contribution in [2.45, 2.75) is 26.5 Å². The molecule has 3 N–H and O–H groups in total. The van der Waals surface area contributed by atoms with Crippen molar-refractivity contribution < 1.29 is 14.1 Å². The summed E-state index contributed by atoms with van der Waals surface area (Å²) in [7, 11) is 0. The number of hydrogen-bond donors (Lipinski definition) is 2. The van der Waals surface area contributed by atoms with E-state index in [1.165, 1.54) is 16.1 Å². The van der Waals surface area contributed by atoms with Crippen LogP contribution in [0.25, 0.3) is 17.2 Å². The smallest absolute Gasteiger partial charge is 0.252 e. The van der Waals surface area contributed by atoms with E-state index in [1.54, 1.807) is 13.0 Å². The average molecular weight is 484 g/mol. The first-order chi connectivity index (χ1) is 17.6. The molecule has 5 aromatic rings. The van der Waals surface area contributed by atoms with Crippen LogP contribution in [-0.4, -0.2) is 37.4 Å². The minimum atomic E-state index is -0.661. The summed E-state index contributed by atoms with van der Waals surface area (Å²) in [6, 6.07) is 21.7. The number of carbonyl (C=O) groups is 1. The van der Waals surface area contributed by atoms with Crippen molar-refractivity contribution in [1.82, 2.24) is 30.3 Å². The van der Waals surface area contributed by atoms with Gasteiger partial charge in [0.1, 0.15) is 12.4 Å². The van der Waals surface area contributed by atoms with Gasteiger partial charge >= 0.3 is 0 Å². The summed E-state index contributed by atoms with van der Waals surface area (Å²) < 4.78 is 12.5. The first-order valence-corrected chi connectivity index (χ1v) is 11.5. The Morgan fingerprint density at radius 1 is 1.03 bits per heavy atom. The highest BCUT2D eigenvalue weighted by Crippen LogP contribution is 2.22. The molecule has 0 bridgehead atoms. The molecule has 3 aromatic heterocycles. The molecule has 36 heavy (non-hydrogen) atoms. The number of ether oxygens (including phenoxy) is 1. The van der Waals surface area contributed by atoms with Crippen LogP contribution in [0.5, 0.6) is 5.88 Å². The fourth-order valence-electron chi connectivity index (χ4n) is 3.84. The zero-order valence-corrected chi connectivity index (χ0v) is 19.7. The summed E-state index contributed by atoms with van der Waals surface area (Å²) in [5.41, 5.74) is 9.80. The summed E-state index contributed by atoms with van der Waals surface area (Å²) in [5, 5.41) is 20.1. The lowest BCUT2D eigenvalue weighted by Crippen LogP contribution is -2.16. The van der Waals surface area contributed by atoms with Gasteiger partial charge < -0.3 is 20.3 Å². The fourth-order valence-corrected chi connectivity index (χ4v) is 3.84. The molecule has 2 aromatic carbocycles. The number of aromatic nitrogens is 5. The molecule has 0 aliphatic heterocycles. The van der Waals surface area contributed by atoms with Crippen molar-refractivity contribution in [3.8, 4) is 17.4 Å². The SMILES string of the molecule is Cc1cc(-c2nnc3c(C(N)=O)cc(OCc4cccc(CNCCc5ccccc5)c4)nn23)no1. The highest BCUT2D eigenvalue weighted by Gasteiger charge is 2.20. The van der Waals surface area contributed by atoms with Gasteiger partial charge in [0, 0.05) is 18.7 Å². The third kappa shape index (κ3) is 5.23. The van der Waals surface area contributed by atoms with E-state index in [0.717, 1.165) is 30.6 Å². The highest BCUT2D eigenvalue weighted by molar-refractivity contribution is 5.99. The molecule has 5 rings (SSSR count). The van der Waals surface area contributed by atoms with Gasteiger partial charge in [0.25, 0.3) is 5.91 Å². The van der Waals surface area contributed by atoms with E-state index in [0.29, 0.717) is 17.3 Å². The molecule has 1 amide bonds. The van der Waals surface area contributed by atoms with Gasteiger partial charge in [-0.25, -0.2) is 0 Å². The molecule has 182 valence electrons. The molecule has 0 saturated carbocycles.